The average molecular weight is 246 g/mol. The van der Waals surface area contributed by atoms with E-state index in [1.54, 1.807) is 19.2 Å². The van der Waals surface area contributed by atoms with E-state index in [-0.39, 0.29) is 5.78 Å². The lowest BCUT2D eigenvalue weighted by molar-refractivity contribution is 0.101. The number of carbonyl (C=O) groups excluding carboxylic acids is 1. The highest BCUT2D eigenvalue weighted by Crippen LogP contribution is 2.23. The number of ketones is 1. The molecule has 18 heavy (non-hydrogen) atoms. The van der Waals surface area contributed by atoms with Crippen molar-refractivity contribution in [2.75, 3.05) is 18.0 Å². The van der Waals surface area contributed by atoms with Gasteiger partial charge in [0.2, 0.25) is 0 Å². The van der Waals surface area contributed by atoms with Crippen molar-refractivity contribution in [1.82, 2.24) is 4.98 Å². The first kappa shape index (κ1) is 13.1. The number of hydrogen-bond donors (Lipinski definition) is 0. The lowest BCUT2D eigenvalue weighted by atomic mass is 9.98. The topological polar surface area (TPSA) is 33.2 Å². The summed E-state index contributed by atoms with van der Waals surface area (Å²) in [6.07, 6.45) is 6.80. The van der Waals surface area contributed by atoms with Gasteiger partial charge < -0.3 is 4.90 Å². The fourth-order valence-corrected chi connectivity index (χ4v) is 2.61. The number of carbonyl (C=O) groups is 1. The number of nitrogens with zero attached hydrogens (tertiary/aromatic N) is 2. The molecule has 1 aromatic rings. The lowest BCUT2D eigenvalue weighted by Gasteiger charge is -2.21. The standard InChI is InChI=1S/C15H22N2O/c1-3-13-5-4-9-17(10-7-13)15-11-14(12(2)18)6-8-16-15/h6,8,11,13H,3-5,7,9-10H2,1-2H3. The first-order chi connectivity index (χ1) is 8.70. The molecule has 1 aliphatic heterocycles. The molecule has 2 rings (SSSR count). The van der Waals surface area contributed by atoms with E-state index in [1.165, 1.54) is 25.7 Å². The normalized spacial score (nSPS) is 20.6. The molecule has 0 spiro atoms. The van der Waals surface area contributed by atoms with Crippen molar-refractivity contribution in [3.63, 3.8) is 0 Å². The maximum atomic E-state index is 11.4. The monoisotopic (exact) mass is 246 g/mol. The van der Waals surface area contributed by atoms with Gasteiger partial charge in [0.15, 0.2) is 5.78 Å². The third-order valence-corrected chi connectivity index (χ3v) is 3.90. The van der Waals surface area contributed by atoms with Crippen molar-refractivity contribution < 1.29 is 4.79 Å². The van der Waals surface area contributed by atoms with Gasteiger partial charge in [-0.1, -0.05) is 13.3 Å². The van der Waals surface area contributed by atoms with Gasteiger partial charge in [-0.05, 0) is 44.2 Å². The van der Waals surface area contributed by atoms with E-state index in [2.05, 4.69) is 16.8 Å². The lowest BCUT2D eigenvalue weighted by Crippen LogP contribution is -2.25. The summed E-state index contributed by atoms with van der Waals surface area (Å²) in [4.78, 5) is 18.1. The van der Waals surface area contributed by atoms with Crippen molar-refractivity contribution in [1.29, 1.82) is 0 Å². The Kier molecular flexibility index (Phi) is 4.34. The number of Topliss-reactive ketones (excluding diaryl/α,β-unsaturated/α-hetero) is 1. The van der Waals surface area contributed by atoms with Crippen LogP contribution in [0.4, 0.5) is 5.82 Å². The molecule has 2 heterocycles. The minimum Gasteiger partial charge on any atom is -0.357 e. The van der Waals surface area contributed by atoms with Gasteiger partial charge in [-0.3, -0.25) is 4.79 Å². The van der Waals surface area contributed by atoms with Crippen LogP contribution in [-0.2, 0) is 0 Å². The molecular formula is C15H22N2O. The molecule has 0 saturated carbocycles. The Hall–Kier alpha value is -1.38. The van der Waals surface area contributed by atoms with Crippen LogP contribution in [0.3, 0.4) is 0 Å². The Morgan fingerprint density at radius 3 is 3.00 bits per heavy atom. The Labute approximate surface area is 109 Å². The molecule has 1 fully saturated rings. The number of aromatic nitrogens is 1. The van der Waals surface area contributed by atoms with E-state index in [4.69, 9.17) is 0 Å². The van der Waals surface area contributed by atoms with Gasteiger partial charge in [0.25, 0.3) is 0 Å². The second-order valence-corrected chi connectivity index (χ2v) is 5.15. The van der Waals surface area contributed by atoms with E-state index in [9.17, 15) is 4.79 Å². The van der Waals surface area contributed by atoms with Crippen LogP contribution in [-0.4, -0.2) is 23.9 Å². The van der Waals surface area contributed by atoms with Gasteiger partial charge in [0, 0.05) is 24.8 Å². The molecule has 98 valence electrons. The SMILES string of the molecule is CCC1CCCN(c2cc(C(C)=O)ccn2)CC1. The Balaban J connectivity index is 2.11. The third kappa shape index (κ3) is 3.09. The first-order valence-electron chi connectivity index (χ1n) is 6.92. The van der Waals surface area contributed by atoms with Crippen LogP contribution >= 0.6 is 0 Å². The molecule has 1 saturated heterocycles. The molecule has 0 N–H and O–H groups in total. The summed E-state index contributed by atoms with van der Waals surface area (Å²) in [5, 5.41) is 0. The summed E-state index contributed by atoms with van der Waals surface area (Å²) >= 11 is 0. The molecule has 1 aliphatic rings. The van der Waals surface area contributed by atoms with Crippen molar-refractivity contribution in [3.8, 4) is 0 Å². The van der Waals surface area contributed by atoms with Crippen LogP contribution in [0.25, 0.3) is 0 Å². The average Bonchev–Trinajstić information content (AvgIpc) is 2.64. The zero-order chi connectivity index (χ0) is 13.0. The predicted molar refractivity (Wildman–Crippen MR) is 74.1 cm³/mol. The summed E-state index contributed by atoms with van der Waals surface area (Å²) < 4.78 is 0. The summed E-state index contributed by atoms with van der Waals surface area (Å²) in [5.74, 6) is 1.92. The Morgan fingerprint density at radius 1 is 1.44 bits per heavy atom. The second-order valence-electron chi connectivity index (χ2n) is 5.15. The number of pyridine rings is 1. The van der Waals surface area contributed by atoms with Gasteiger partial charge in [0.1, 0.15) is 5.82 Å². The molecule has 1 atom stereocenters. The quantitative estimate of drug-likeness (QED) is 0.767. The molecule has 0 bridgehead atoms. The van der Waals surface area contributed by atoms with Crippen LogP contribution in [0.2, 0.25) is 0 Å². The van der Waals surface area contributed by atoms with Crippen molar-refractivity contribution >= 4 is 11.6 Å². The van der Waals surface area contributed by atoms with Crippen LogP contribution in [0.15, 0.2) is 18.3 Å². The fraction of sp³-hybridized carbons (Fsp3) is 0.600. The fourth-order valence-electron chi connectivity index (χ4n) is 2.61. The molecule has 3 nitrogen and oxygen atoms in total. The van der Waals surface area contributed by atoms with Crippen molar-refractivity contribution in [2.24, 2.45) is 5.92 Å². The molecule has 0 aromatic carbocycles. The van der Waals surface area contributed by atoms with E-state index in [0.717, 1.165) is 30.4 Å². The smallest absolute Gasteiger partial charge is 0.159 e. The molecule has 0 amide bonds. The second kappa shape index (κ2) is 5.98. The van der Waals surface area contributed by atoms with Crippen LogP contribution < -0.4 is 4.90 Å². The maximum absolute atomic E-state index is 11.4. The van der Waals surface area contributed by atoms with Crippen molar-refractivity contribution in [3.05, 3.63) is 23.9 Å². The number of anilines is 1. The van der Waals surface area contributed by atoms with E-state index in [1.807, 2.05) is 6.07 Å². The van der Waals surface area contributed by atoms with Gasteiger partial charge in [-0.15, -0.1) is 0 Å². The summed E-state index contributed by atoms with van der Waals surface area (Å²) in [6, 6.07) is 3.72. The van der Waals surface area contributed by atoms with Gasteiger partial charge in [-0.25, -0.2) is 4.98 Å². The van der Waals surface area contributed by atoms with Crippen LogP contribution in [0, 0.1) is 5.92 Å². The van der Waals surface area contributed by atoms with E-state index < -0.39 is 0 Å². The van der Waals surface area contributed by atoms with Gasteiger partial charge >= 0.3 is 0 Å². The summed E-state index contributed by atoms with van der Waals surface area (Å²) in [6.45, 7) is 6.00. The van der Waals surface area contributed by atoms with E-state index in [0.29, 0.717) is 0 Å². The minimum absolute atomic E-state index is 0.111. The van der Waals surface area contributed by atoms with Gasteiger partial charge in [0.05, 0.1) is 0 Å². The van der Waals surface area contributed by atoms with Gasteiger partial charge in [-0.2, -0.15) is 0 Å². The van der Waals surface area contributed by atoms with Crippen LogP contribution in [0.5, 0.6) is 0 Å². The molecule has 1 unspecified atom stereocenters. The Bertz CT molecular complexity index is 417. The maximum Gasteiger partial charge on any atom is 0.159 e. The molecule has 0 aliphatic carbocycles. The largest absolute Gasteiger partial charge is 0.357 e. The minimum atomic E-state index is 0.111. The third-order valence-electron chi connectivity index (χ3n) is 3.90. The van der Waals surface area contributed by atoms with E-state index >= 15 is 0 Å². The zero-order valence-corrected chi connectivity index (χ0v) is 11.4. The molecule has 1 aromatic heterocycles. The molecule has 0 radical (unpaired) electrons. The predicted octanol–water partition coefficient (Wildman–Crippen LogP) is 3.30. The van der Waals surface area contributed by atoms with Crippen LogP contribution in [0.1, 0.15) is 49.9 Å². The molecular weight excluding hydrogens is 224 g/mol. The highest BCUT2D eigenvalue weighted by molar-refractivity contribution is 5.94. The first-order valence-corrected chi connectivity index (χ1v) is 6.92. The van der Waals surface area contributed by atoms with Crippen molar-refractivity contribution in [2.45, 2.75) is 39.5 Å². The zero-order valence-electron chi connectivity index (χ0n) is 11.4. The summed E-state index contributed by atoms with van der Waals surface area (Å²) in [5.41, 5.74) is 0.760. The highest BCUT2D eigenvalue weighted by Gasteiger charge is 2.17. The number of rotatable bonds is 3. The Morgan fingerprint density at radius 2 is 2.28 bits per heavy atom. The summed E-state index contributed by atoms with van der Waals surface area (Å²) in [7, 11) is 0. The number of hydrogen-bond acceptors (Lipinski definition) is 3. The molecule has 3 heteroatoms. The highest BCUT2D eigenvalue weighted by atomic mass is 16.1.